The lowest BCUT2D eigenvalue weighted by Crippen LogP contribution is -2.34. The fourth-order valence-electron chi connectivity index (χ4n) is 3.40. The second-order valence-electron chi connectivity index (χ2n) is 5.76. The topological polar surface area (TPSA) is 20.2 Å². The summed E-state index contributed by atoms with van der Waals surface area (Å²) >= 11 is 0. The molecule has 1 aliphatic rings. The van der Waals surface area contributed by atoms with Crippen LogP contribution in [0.5, 0.6) is 0 Å². The lowest BCUT2D eigenvalue weighted by molar-refractivity contribution is 0.161. The Morgan fingerprint density at radius 3 is 2.78 bits per heavy atom. The molecule has 0 aromatic heterocycles. The molecule has 1 aliphatic carbocycles. The first-order chi connectivity index (χ1) is 8.82. The van der Waals surface area contributed by atoms with Crippen LogP contribution in [-0.4, -0.2) is 11.7 Å². The third-order valence-electron chi connectivity index (χ3n) is 4.50. The van der Waals surface area contributed by atoms with E-state index in [1.165, 1.54) is 49.7 Å². The summed E-state index contributed by atoms with van der Waals surface area (Å²) in [7, 11) is 0. The van der Waals surface area contributed by atoms with Crippen molar-refractivity contribution in [2.75, 3.05) is 6.61 Å². The van der Waals surface area contributed by atoms with E-state index in [9.17, 15) is 5.11 Å². The summed E-state index contributed by atoms with van der Waals surface area (Å²) in [5, 5.41) is 9.94. The molecule has 1 nitrogen and oxygen atoms in total. The Morgan fingerprint density at radius 1 is 1.17 bits per heavy atom. The molecule has 1 heteroatoms. The predicted octanol–water partition coefficient (Wildman–Crippen LogP) is 4.22. The van der Waals surface area contributed by atoms with Crippen LogP contribution in [-0.2, 0) is 11.8 Å². The molecular formula is C17H26O. The fraction of sp³-hybridized carbons (Fsp3) is 0.647. The maximum absolute atomic E-state index is 9.94. The average molecular weight is 246 g/mol. The molecule has 18 heavy (non-hydrogen) atoms. The fourth-order valence-corrected chi connectivity index (χ4v) is 3.40. The van der Waals surface area contributed by atoms with Gasteiger partial charge in [0, 0.05) is 5.41 Å². The number of hydrogen-bond donors (Lipinski definition) is 1. The van der Waals surface area contributed by atoms with Gasteiger partial charge in [0.25, 0.3) is 0 Å². The predicted molar refractivity (Wildman–Crippen MR) is 76.9 cm³/mol. The summed E-state index contributed by atoms with van der Waals surface area (Å²) < 4.78 is 0. The van der Waals surface area contributed by atoms with Crippen molar-refractivity contribution in [1.82, 2.24) is 0 Å². The third-order valence-corrected chi connectivity index (χ3v) is 4.50. The molecule has 0 amide bonds. The molecule has 0 heterocycles. The van der Waals surface area contributed by atoms with E-state index in [4.69, 9.17) is 0 Å². The van der Waals surface area contributed by atoms with Crippen molar-refractivity contribution in [3.8, 4) is 0 Å². The van der Waals surface area contributed by atoms with Crippen LogP contribution in [0.3, 0.4) is 0 Å². The maximum atomic E-state index is 9.94. The molecular weight excluding hydrogens is 220 g/mol. The van der Waals surface area contributed by atoms with Gasteiger partial charge in [-0.3, -0.25) is 0 Å². The van der Waals surface area contributed by atoms with Crippen LogP contribution in [0.2, 0.25) is 0 Å². The quantitative estimate of drug-likeness (QED) is 0.745. The minimum Gasteiger partial charge on any atom is -0.395 e. The first-order valence-electron chi connectivity index (χ1n) is 7.51. The summed E-state index contributed by atoms with van der Waals surface area (Å²) in [6.45, 7) is 2.56. The van der Waals surface area contributed by atoms with Crippen LogP contribution in [0.4, 0.5) is 0 Å². The Morgan fingerprint density at radius 2 is 2.00 bits per heavy atom. The van der Waals surface area contributed by atoms with E-state index in [1.807, 2.05) is 0 Å². The SMILES string of the molecule is CCCCCCC1(CO)CCCc2ccccc21. The zero-order valence-corrected chi connectivity index (χ0v) is 11.6. The van der Waals surface area contributed by atoms with E-state index >= 15 is 0 Å². The molecule has 0 radical (unpaired) electrons. The molecule has 0 fully saturated rings. The highest BCUT2D eigenvalue weighted by atomic mass is 16.3. The zero-order valence-electron chi connectivity index (χ0n) is 11.6. The van der Waals surface area contributed by atoms with Crippen molar-refractivity contribution in [2.45, 2.75) is 63.7 Å². The smallest absolute Gasteiger partial charge is 0.0528 e. The van der Waals surface area contributed by atoms with Gasteiger partial charge in [-0.05, 0) is 36.8 Å². The van der Waals surface area contributed by atoms with Gasteiger partial charge in [0.15, 0.2) is 0 Å². The molecule has 2 rings (SSSR count). The van der Waals surface area contributed by atoms with Crippen molar-refractivity contribution in [2.24, 2.45) is 0 Å². The summed E-state index contributed by atoms with van der Waals surface area (Å²) in [5.74, 6) is 0. The Balaban J connectivity index is 2.12. The van der Waals surface area contributed by atoms with Gasteiger partial charge < -0.3 is 5.11 Å². The number of aryl methyl sites for hydroxylation is 1. The molecule has 1 N–H and O–H groups in total. The highest BCUT2D eigenvalue weighted by molar-refractivity contribution is 5.36. The van der Waals surface area contributed by atoms with Gasteiger partial charge in [-0.2, -0.15) is 0 Å². The van der Waals surface area contributed by atoms with Crippen LogP contribution in [0.1, 0.15) is 63.0 Å². The summed E-state index contributed by atoms with van der Waals surface area (Å²) in [6, 6.07) is 8.74. The highest BCUT2D eigenvalue weighted by Crippen LogP contribution is 2.40. The molecule has 1 aromatic rings. The lowest BCUT2D eigenvalue weighted by Gasteiger charge is -2.38. The molecule has 0 spiro atoms. The summed E-state index contributed by atoms with van der Waals surface area (Å²) in [5.41, 5.74) is 2.95. The Kier molecular flexibility index (Phi) is 4.82. The number of unbranched alkanes of at least 4 members (excludes halogenated alkanes) is 3. The molecule has 0 saturated heterocycles. The minimum atomic E-state index is 0.0581. The highest BCUT2D eigenvalue weighted by Gasteiger charge is 2.34. The monoisotopic (exact) mass is 246 g/mol. The lowest BCUT2D eigenvalue weighted by atomic mass is 9.68. The average Bonchev–Trinajstić information content (AvgIpc) is 2.44. The summed E-state index contributed by atoms with van der Waals surface area (Å²) in [4.78, 5) is 0. The van der Waals surface area contributed by atoms with Gasteiger partial charge in [0.1, 0.15) is 0 Å². The van der Waals surface area contributed by atoms with Crippen LogP contribution in [0.15, 0.2) is 24.3 Å². The largest absolute Gasteiger partial charge is 0.395 e. The van der Waals surface area contributed by atoms with Crippen LogP contribution < -0.4 is 0 Å². The van der Waals surface area contributed by atoms with Crippen molar-refractivity contribution < 1.29 is 5.11 Å². The zero-order chi connectivity index (χ0) is 12.8. The van der Waals surface area contributed by atoms with E-state index in [-0.39, 0.29) is 5.41 Å². The maximum Gasteiger partial charge on any atom is 0.0528 e. The van der Waals surface area contributed by atoms with Crippen LogP contribution in [0.25, 0.3) is 0 Å². The number of hydrogen-bond acceptors (Lipinski definition) is 1. The molecule has 100 valence electrons. The van der Waals surface area contributed by atoms with E-state index < -0.39 is 0 Å². The molecule has 1 aromatic carbocycles. The first-order valence-corrected chi connectivity index (χ1v) is 7.51. The normalized spacial score (nSPS) is 22.8. The molecule has 0 saturated carbocycles. The van der Waals surface area contributed by atoms with E-state index in [0.29, 0.717) is 6.61 Å². The minimum absolute atomic E-state index is 0.0581. The van der Waals surface area contributed by atoms with Crippen molar-refractivity contribution >= 4 is 0 Å². The number of fused-ring (bicyclic) bond motifs is 1. The van der Waals surface area contributed by atoms with Crippen LogP contribution >= 0.6 is 0 Å². The second kappa shape index (κ2) is 6.38. The number of benzene rings is 1. The van der Waals surface area contributed by atoms with Gasteiger partial charge in [-0.15, -0.1) is 0 Å². The Labute approximate surface area is 111 Å². The standard InChI is InChI=1S/C17H26O/c1-2-3-4-7-12-17(14-18)13-8-10-15-9-5-6-11-16(15)17/h5-6,9,11,18H,2-4,7-8,10,12-14H2,1H3. The number of aliphatic hydroxyl groups excluding tert-OH is 1. The summed E-state index contributed by atoms with van der Waals surface area (Å²) in [6.07, 6.45) is 9.89. The molecule has 0 bridgehead atoms. The van der Waals surface area contributed by atoms with Gasteiger partial charge in [-0.25, -0.2) is 0 Å². The molecule has 1 atom stereocenters. The van der Waals surface area contributed by atoms with Crippen LogP contribution in [0, 0.1) is 0 Å². The Bertz CT molecular complexity index is 372. The van der Waals surface area contributed by atoms with Gasteiger partial charge in [-0.1, -0.05) is 56.9 Å². The third kappa shape index (κ3) is 2.77. The first kappa shape index (κ1) is 13.6. The van der Waals surface area contributed by atoms with Gasteiger partial charge in [0.05, 0.1) is 6.61 Å². The van der Waals surface area contributed by atoms with Crippen molar-refractivity contribution in [3.05, 3.63) is 35.4 Å². The number of aliphatic hydroxyl groups is 1. The molecule has 1 unspecified atom stereocenters. The van der Waals surface area contributed by atoms with E-state index in [0.717, 1.165) is 12.8 Å². The van der Waals surface area contributed by atoms with E-state index in [2.05, 4.69) is 31.2 Å². The van der Waals surface area contributed by atoms with Gasteiger partial charge >= 0.3 is 0 Å². The van der Waals surface area contributed by atoms with Gasteiger partial charge in [0.2, 0.25) is 0 Å². The number of rotatable bonds is 6. The van der Waals surface area contributed by atoms with Crippen molar-refractivity contribution in [3.63, 3.8) is 0 Å². The second-order valence-corrected chi connectivity index (χ2v) is 5.76. The van der Waals surface area contributed by atoms with E-state index in [1.54, 1.807) is 0 Å². The van der Waals surface area contributed by atoms with Crippen molar-refractivity contribution in [1.29, 1.82) is 0 Å². The Hall–Kier alpha value is -0.820. The molecule has 0 aliphatic heterocycles.